The molecule has 0 spiro atoms. The third-order valence-corrected chi connectivity index (χ3v) is 6.44. The fourth-order valence-corrected chi connectivity index (χ4v) is 5.18. The van der Waals surface area contributed by atoms with Gasteiger partial charge in [-0.15, -0.1) is 0 Å². The van der Waals surface area contributed by atoms with Crippen LogP contribution in [0.1, 0.15) is 42.4 Å². The molecule has 2 aliphatic carbocycles. The maximum atomic E-state index is 8.36. The highest BCUT2D eigenvalue weighted by molar-refractivity contribution is 5.43. The van der Waals surface area contributed by atoms with Crippen molar-refractivity contribution in [3.8, 4) is 5.75 Å². The van der Waals surface area contributed by atoms with Crippen LogP contribution in [0.25, 0.3) is 0 Å². The molecule has 3 rings (SSSR count). The molecular weight excluding hydrogens is 384 g/mol. The predicted molar refractivity (Wildman–Crippen MR) is 118 cm³/mol. The molecule has 30 heavy (non-hydrogen) atoms. The zero-order valence-electron chi connectivity index (χ0n) is 19.2. The van der Waals surface area contributed by atoms with Crippen molar-refractivity contribution < 1.29 is 24.5 Å². The molecular formula is C23H38N2O5. The van der Waals surface area contributed by atoms with Crippen molar-refractivity contribution in [2.24, 2.45) is 11.8 Å². The molecule has 2 fully saturated rings. The van der Waals surface area contributed by atoms with E-state index >= 15 is 0 Å². The van der Waals surface area contributed by atoms with E-state index in [1.54, 1.807) is 7.11 Å². The fourth-order valence-electron chi connectivity index (χ4n) is 5.18. The van der Waals surface area contributed by atoms with E-state index in [2.05, 4.69) is 56.9 Å². The molecule has 170 valence electrons. The van der Waals surface area contributed by atoms with Crippen LogP contribution in [0.5, 0.6) is 5.75 Å². The van der Waals surface area contributed by atoms with E-state index in [9.17, 15) is 0 Å². The van der Waals surface area contributed by atoms with Crippen LogP contribution in [0.4, 0.5) is 0 Å². The molecule has 0 saturated heterocycles. The molecule has 0 bridgehead atoms. The summed E-state index contributed by atoms with van der Waals surface area (Å²) in [5.74, 6) is 2.94. The van der Waals surface area contributed by atoms with Crippen molar-refractivity contribution in [2.75, 3.05) is 28.3 Å². The van der Waals surface area contributed by atoms with Crippen LogP contribution in [0.3, 0.4) is 0 Å². The van der Waals surface area contributed by atoms with Crippen molar-refractivity contribution in [3.05, 3.63) is 28.8 Å². The molecule has 2 aliphatic rings. The van der Waals surface area contributed by atoms with E-state index in [1.165, 1.54) is 42.4 Å². The summed E-state index contributed by atoms with van der Waals surface area (Å²) in [5.41, 5.74) is 3.91. The number of hydrogen-bond donors (Lipinski definition) is 2. The number of carboxylic acid groups (broad SMARTS) is 2. The quantitative estimate of drug-likeness (QED) is 0.704. The fraction of sp³-hybridized carbons (Fsp3) is 0.652. The molecule has 1 aromatic carbocycles. The van der Waals surface area contributed by atoms with E-state index in [4.69, 9.17) is 24.5 Å². The van der Waals surface area contributed by atoms with E-state index in [0.717, 1.165) is 36.2 Å². The van der Waals surface area contributed by atoms with Gasteiger partial charge in [-0.3, -0.25) is 14.5 Å². The van der Waals surface area contributed by atoms with Crippen LogP contribution in [-0.2, 0) is 16.1 Å². The Hall–Kier alpha value is -2.12. The standard InChI is InChI=1S/C21H34N2O.2CH2O2/c1-14-7-15(2)21(24-6)18(8-14)13-23(5)20-11-16-9-19(22(3)4)10-17(16)12-20;2*2-1-3/h7-8,16-17,19-20H,9-13H2,1-6H3;2*1H,(H,2,3)/t16-,17+,19?,20?;;. The second kappa shape index (κ2) is 12.5. The Morgan fingerprint density at radius 2 is 1.43 bits per heavy atom. The number of hydrogen-bond acceptors (Lipinski definition) is 5. The second-order valence-corrected chi connectivity index (χ2v) is 8.63. The first-order chi connectivity index (χ1) is 14.2. The van der Waals surface area contributed by atoms with Crippen LogP contribution in [-0.4, -0.2) is 73.3 Å². The Morgan fingerprint density at radius 1 is 0.967 bits per heavy atom. The van der Waals surface area contributed by atoms with E-state index in [1.807, 2.05) is 0 Å². The Morgan fingerprint density at radius 3 is 1.87 bits per heavy atom. The van der Waals surface area contributed by atoms with Crippen molar-refractivity contribution >= 4 is 12.9 Å². The van der Waals surface area contributed by atoms with Gasteiger partial charge in [-0.1, -0.05) is 17.7 Å². The second-order valence-electron chi connectivity index (χ2n) is 8.63. The maximum absolute atomic E-state index is 8.36. The van der Waals surface area contributed by atoms with Crippen LogP contribution < -0.4 is 4.74 Å². The van der Waals surface area contributed by atoms with E-state index in [0.29, 0.717) is 0 Å². The van der Waals surface area contributed by atoms with Gasteiger partial charge < -0.3 is 19.8 Å². The molecule has 0 aromatic heterocycles. The molecule has 2 unspecified atom stereocenters. The lowest BCUT2D eigenvalue weighted by molar-refractivity contribution is -0.123. The Kier molecular flexibility index (Phi) is 10.8. The van der Waals surface area contributed by atoms with E-state index < -0.39 is 0 Å². The summed E-state index contributed by atoms with van der Waals surface area (Å²) in [6, 6.07) is 6.04. The number of carbonyl (C=O) groups is 2. The molecule has 2 N–H and O–H groups in total. The van der Waals surface area contributed by atoms with Crippen molar-refractivity contribution in [3.63, 3.8) is 0 Å². The maximum Gasteiger partial charge on any atom is 0.290 e. The number of nitrogens with zero attached hydrogens (tertiary/aromatic N) is 2. The minimum atomic E-state index is -0.250. The van der Waals surface area contributed by atoms with Gasteiger partial charge in [0.15, 0.2) is 0 Å². The lowest BCUT2D eigenvalue weighted by Crippen LogP contribution is -2.31. The third-order valence-electron chi connectivity index (χ3n) is 6.44. The third kappa shape index (κ3) is 6.99. The lowest BCUT2D eigenvalue weighted by Gasteiger charge is -2.28. The number of fused-ring (bicyclic) bond motifs is 1. The van der Waals surface area contributed by atoms with Gasteiger partial charge in [-0.2, -0.15) is 0 Å². The number of benzene rings is 1. The number of rotatable bonds is 5. The summed E-state index contributed by atoms with van der Waals surface area (Å²) in [6.07, 6.45) is 5.54. The molecule has 0 amide bonds. The Labute approximate surface area is 180 Å². The molecule has 1 aromatic rings. The van der Waals surface area contributed by atoms with Gasteiger partial charge >= 0.3 is 0 Å². The highest BCUT2D eigenvalue weighted by Gasteiger charge is 2.43. The molecule has 4 atom stereocenters. The normalized spacial score (nSPS) is 24.4. The highest BCUT2D eigenvalue weighted by atomic mass is 16.5. The predicted octanol–water partition coefficient (Wildman–Crippen LogP) is 3.26. The summed E-state index contributed by atoms with van der Waals surface area (Å²) in [4.78, 5) is 21.7. The zero-order chi connectivity index (χ0) is 22.8. The average Bonchev–Trinajstić information content (AvgIpc) is 3.22. The first-order valence-electron chi connectivity index (χ1n) is 10.4. The average molecular weight is 423 g/mol. The first-order valence-corrected chi connectivity index (χ1v) is 10.4. The Balaban J connectivity index is 0.000000672. The molecule has 0 aliphatic heterocycles. The number of methoxy groups -OCH3 is 1. The van der Waals surface area contributed by atoms with Crippen molar-refractivity contribution in [1.82, 2.24) is 9.80 Å². The van der Waals surface area contributed by atoms with Gasteiger partial charge in [-0.05, 0) is 78.1 Å². The summed E-state index contributed by atoms with van der Waals surface area (Å²) in [6.45, 7) is 4.82. The highest BCUT2D eigenvalue weighted by Crippen LogP contribution is 2.46. The van der Waals surface area contributed by atoms with Gasteiger partial charge in [0.1, 0.15) is 5.75 Å². The SMILES string of the molecule is COc1c(C)cc(C)cc1CN(C)C1C[C@H]2CC(N(C)C)C[C@H]2C1.O=CO.O=CO. The molecule has 7 nitrogen and oxygen atoms in total. The van der Waals surface area contributed by atoms with E-state index in [-0.39, 0.29) is 12.9 Å². The summed E-state index contributed by atoms with van der Waals surface area (Å²) in [5, 5.41) is 13.8. The molecule has 2 saturated carbocycles. The summed E-state index contributed by atoms with van der Waals surface area (Å²) in [7, 11) is 8.57. The Bertz CT molecular complexity index is 660. The lowest BCUT2D eigenvalue weighted by atomic mass is 10.0. The minimum absolute atomic E-state index is 0.250. The summed E-state index contributed by atoms with van der Waals surface area (Å²) < 4.78 is 5.68. The van der Waals surface area contributed by atoms with Gasteiger partial charge in [0, 0.05) is 24.2 Å². The first kappa shape index (κ1) is 25.9. The van der Waals surface area contributed by atoms with Gasteiger partial charge in [-0.25, -0.2) is 0 Å². The van der Waals surface area contributed by atoms with Gasteiger partial charge in [0.05, 0.1) is 7.11 Å². The van der Waals surface area contributed by atoms with Gasteiger partial charge in [0.25, 0.3) is 12.9 Å². The van der Waals surface area contributed by atoms with Crippen molar-refractivity contribution in [1.29, 1.82) is 0 Å². The van der Waals surface area contributed by atoms with Crippen LogP contribution in [0.2, 0.25) is 0 Å². The smallest absolute Gasteiger partial charge is 0.290 e. The van der Waals surface area contributed by atoms with Crippen LogP contribution in [0.15, 0.2) is 12.1 Å². The molecule has 7 heteroatoms. The number of ether oxygens (including phenoxy) is 1. The zero-order valence-corrected chi connectivity index (χ0v) is 19.2. The van der Waals surface area contributed by atoms with Crippen molar-refractivity contribution in [2.45, 2.75) is 58.2 Å². The monoisotopic (exact) mass is 422 g/mol. The topological polar surface area (TPSA) is 90.3 Å². The number of aryl methyl sites for hydroxylation is 2. The minimum Gasteiger partial charge on any atom is -0.496 e. The molecule has 0 heterocycles. The summed E-state index contributed by atoms with van der Waals surface area (Å²) >= 11 is 0. The largest absolute Gasteiger partial charge is 0.496 e. The molecule has 0 radical (unpaired) electrons. The van der Waals surface area contributed by atoms with Crippen LogP contribution in [0, 0.1) is 25.7 Å². The van der Waals surface area contributed by atoms with Crippen LogP contribution >= 0.6 is 0 Å². The van der Waals surface area contributed by atoms with Gasteiger partial charge in [0.2, 0.25) is 0 Å².